The van der Waals surface area contributed by atoms with Gasteiger partial charge in [-0.1, -0.05) is 19.9 Å². The minimum absolute atomic E-state index is 0.0472. The molecule has 0 radical (unpaired) electrons. The van der Waals surface area contributed by atoms with Gasteiger partial charge >= 0.3 is 0 Å². The maximum atomic E-state index is 12.0. The van der Waals surface area contributed by atoms with E-state index in [1.54, 1.807) is 18.3 Å². The molecule has 0 saturated heterocycles. The molecule has 1 heterocycles. The monoisotopic (exact) mass is 298 g/mol. The zero-order valence-corrected chi connectivity index (χ0v) is 13.9. The van der Waals surface area contributed by atoms with Crippen LogP contribution in [0.4, 0.5) is 0 Å². The summed E-state index contributed by atoms with van der Waals surface area (Å²) in [4.78, 5) is 15.4. The van der Waals surface area contributed by atoms with E-state index in [1.165, 1.54) is 4.88 Å². The van der Waals surface area contributed by atoms with E-state index in [0.717, 1.165) is 0 Å². The second kappa shape index (κ2) is 8.39. The first kappa shape index (κ1) is 17.1. The molecule has 0 fully saturated rings. The van der Waals surface area contributed by atoms with Gasteiger partial charge in [-0.2, -0.15) is 0 Å². The van der Waals surface area contributed by atoms with E-state index in [0.29, 0.717) is 19.1 Å². The summed E-state index contributed by atoms with van der Waals surface area (Å²) in [5.41, 5.74) is 0. The Hall–Kier alpha value is -0.910. The van der Waals surface area contributed by atoms with Gasteiger partial charge in [-0.25, -0.2) is 0 Å². The lowest BCUT2D eigenvalue weighted by molar-refractivity contribution is -0.132. The molecule has 0 aliphatic carbocycles. The Kier molecular flexibility index (Phi) is 7.19. The predicted octanol–water partition coefficient (Wildman–Crippen LogP) is 2.53. The topological polar surface area (TPSA) is 41.6 Å². The predicted molar refractivity (Wildman–Crippen MR) is 84.0 cm³/mol. The number of hydrogen-bond acceptors (Lipinski definition) is 4. The zero-order chi connectivity index (χ0) is 15.1. The van der Waals surface area contributed by atoms with Crippen LogP contribution >= 0.6 is 11.3 Å². The molecule has 0 aromatic carbocycles. The van der Waals surface area contributed by atoms with Gasteiger partial charge in [0.25, 0.3) is 0 Å². The highest BCUT2D eigenvalue weighted by Gasteiger charge is 2.19. The number of nitrogens with one attached hydrogen (secondary N) is 1. The van der Waals surface area contributed by atoms with Gasteiger partial charge < -0.3 is 15.0 Å². The van der Waals surface area contributed by atoms with E-state index in [9.17, 15) is 4.79 Å². The number of rotatable bonds is 8. The first-order valence-electron chi connectivity index (χ1n) is 7.01. The minimum atomic E-state index is -0.399. The van der Waals surface area contributed by atoms with Crippen LogP contribution in [0.25, 0.3) is 0 Å². The van der Waals surface area contributed by atoms with Crippen molar-refractivity contribution >= 4 is 17.2 Å². The van der Waals surface area contributed by atoms with Crippen LogP contribution in [-0.4, -0.2) is 44.2 Å². The van der Waals surface area contributed by atoms with Gasteiger partial charge in [0.1, 0.15) is 6.10 Å². The average molecular weight is 298 g/mol. The number of ether oxygens (including phenoxy) is 1. The summed E-state index contributed by atoms with van der Waals surface area (Å²) >= 11 is 1.71. The van der Waals surface area contributed by atoms with Gasteiger partial charge in [0.15, 0.2) is 0 Å². The van der Waals surface area contributed by atoms with Crippen LogP contribution in [0.5, 0.6) is 0 Å². The van der Waals surface area contributed by atoms with Gasteiger partial charge in [-0.3, -0.25) is 4.79 Å². The fourth-order valence-corrected chi connectivity index (χ4v) is 2.69. The molecule has 1 N–H and O–H groups in total. The van der Waals surface area contributed by atoms with Crippen molar-refractivity contribution in [3.63, 3.8) is 0 Å². The molecule has 1 aromatic rings. The zero-order valence-electron chi connectivity index (χ0n) is 13.1. The van der Waals surface area contributed by atoms with Crippen molar-refractivity contribution in [2.24, 2.45) is 5.92 Å². The molecular weight excluding hydrogens is 272 g/mol. The number of hydrogen-bond donors (Lipinski definition) is 1. The van der Waals surface area contributed by atoms with E-state index < -0.39 is 6.10 Å². The first-order valence-corrected chi connectivity index (χ1v) is 7.89. The molecule has 1 amide bonds. The molecule has 2 unspecified atom stereocenters. The van der Waals surface area contributed by atoms with Crippen molar-refractivity contribution in [3.8, 4) is 0 Å². The SMILES string of the molecule is CC(C)COC(C)C(=O)NCC(c1cccs1)N(C)C. The quantitative estimate of drug-likeness (QED) is 0.802. The molecule has 1 rings (SSSR count). The fraction of sp³-hybridized carbons (Fsp3) is 0.667. The maximum absolute atomic E-state index is 12.0. The third-order valence-electron chi connectivity index (χ3n) is 3.01. The molecule has 0 bridgehead atoms. The van der Waals surface area contributed by atoms with Crippen molar-refractivity contribution in [2.45, 2.75) is 32.9 Å². The minimum Gasteiger partial charge on any atom is -0.368 e. The van der Waals surface area contributed by atoms with Crippen molar-refractivity contribution in [3.05, 3.63) is 22.4 Å². The van der Waals surface area contributed by atoms with Crippen LogP contribution < -0.4 is 5.32 Å². The van der Waals surface area contributed by atoms with Crippen LogP contribution in [0.1, 0.15) is 31.7 Å². The molecule has 0 aliphatic heterocycles. The first-order chi connectivity index (χ1) is 9.41. The molecule has 0 aliphatic rings. The number of carbonyl (C=O) groups is 1. The number of amides is 1. The third-order valence-corrected chi connectivity index (χ3v) is 3.99. The average Bonchev–Trinajstić information content (AvgIpc) is 2.89. The summed E-state index contributed by atoms with van der Waals surface area (Å²) in [6.45, 7) is 7.15. The van der Waals surface area contributed by atoms with Gasteiger partial charge in [-0.05, 0) is 38.4 Å². The Balaban J connectivity index is 2.45. The lowest BCUT2D eigenvalue weighted by Gasteiger charge is -2.24. The Morgan fingerprint density at radius 3 is 2.60 bits per heavy atom. The largest absolute Gasteiger partial charge is 0.368 e. The summed E-state index contributed by atoms with van der Waals surface area (Å²) < 4.78 is 5.53. The molecular formula is C15H26N2O2S. The third kappa shape index (κ3) is 5.61. The van der Waals surface area contributed by atoms with E-state index in [2.05, 4.69) is 35.5 Å². The smallest absolute Gasteiger partial charge is 0.248 e. The van der Waals surface area contributed by atoms with E-state index in [4.69, 9.17) is 4.74 Å². The summed E-state index contributed by atoms with van der Waals surface area (Å²) in [7, 11) is 4.05. The molecule has 0 saturated carbocycles. The molecule has 5 heteroatoms. The highest BCUT2D eigenvalue weighted by molar-refractivity contribution is 7.10. The number of nitrogens with zero attached hydrogens (tertiary/aromatic N) is 1. The van der Waals surface area contributed by atoms with Gasteiger partial charge in [-0.15, -0.1) is 11.3 Å². The summed E-state index contributed by atoms with van der Waals surface area (Å²) in [6, 6.07) is 4.34. The van der Waals surface area contributed by atoms with Gasteiger partial charge in [0.2, 0.25) is 5.91 Å². The Morgan fingerprint density at radius 2 is 2.10 bits per heavy atom. The fourth-order valence-electron chi connectivity index (χ4n) is 1.77. The summed E-state index contributed by atoms with van der Waals surface area (Å²) in [5, 5.41) is 5.03. The highest BCUT2D eigenvalue weighted by Crippen LogP contribution is 2.22. The van der Waals surface area contributed by atoms with Crippen LogP contribution in [0, 0.1) is 5.92 Å². The Labute approximate surface area is 126 Å². The molecule has 0 spiro atoms. The number of carbonyl (C=O) groups excluding carboxylic acids is 1. The standard InChI is InChI=1S/C15H26N2O2S/c1-11(2)10-19-12(3)15(18)16-9-13(17(4)5)14-7-6-8-20-14/h6-8,11-13H,9-10H2,1-5H3,(H,16,18). The lowest BCUT2D eigenvalue weighted by Crippen LogP contribution is -2.40. The van der Waals surface area contributed by atoms with Gasteiger partial charge in [0.05, 0.1) is 6.04 Å². The van der Waals surface area contributed by atoms with Crippen molar-refractivity contribution in [1.29, 1.82) is 0 Å². The Morgan fingerprint density at radius 1 is 1.40 bits per heavy atom. The van der Waals surface area contributed by atoms with Crippen molar-refractivity contribution < 1.29 is 9.53 Å². The second-order valence-electron chi connectivity index (χ2n) is 5.61. The van der Waals surface area contributed by atoms with Crippen molar-refractivity contribution in [1.82, 2.24) is 10.2 Å². The molecule has 4 nitrogen and oxygen atoms in total. The highest BCUT2D eigenvalue weighted by atomic mass is 32.1. The second-order valence-corrected chi connectivity index (χ2v) is 6.59. The Bertz CT molecular complexity index is 391. The van der Waals surface area contributed by atoms with E-state index >= 15 is 0 Å². The molecule has 114 valence electrons. The molecule has 20 heavy (non-hydrogen) atoms. The molecule has 1 aromatic heterocycles. The van der Waals surface area contributed by atoms with Crippen LogP contribution in [0.3, 0.4) is 0 Å². The van der Waals surface area contributed by atoms with Crippen LogP contribution in [-0.2, 0) is 9.53 Å². The summed E-state index contributed by atoms with van der Waals surface area (Å²) in [5.74, 6) is 0.389. The lowest BCUT2D eigenvalue weighted by atomic mass is 10.2. The number of likely N-dealkylation sites (N-methyl/N-ethyl adjacent to an activating group) is 1. The van der Waals surface area contributed by atoms with E-state index in [-0.39, 0.29) is 11.9 Å². The normalized spacial score (nSPS) is 14.6. The van der Waals surface area contributed by atoms with Crippen LogP contribution in [0.15, 0.2) is 17.5 Å². The number of thiophene rings is 1. The van der Waals surface area contributed by atoms with Crippen LogP contribution in [0.2, 0.25) is 0 Å². The molecule has 2 atom stereocenters. The van der Waals surface area contributed by atoms with Gasteiger partial charge in [0, 0.05) is 18.0 Å². The maximum Gasteiger partial charge on any atom is 0.248 e. The van der Waals surface area contributed by atoms with Crippen molar-refractivity contribution in [2.75, 3.05) is 27.2 Å². The summed E-state index contributed by atoms with van der Waals surface area (Å²) in [6.07, 6.45) is -0.399. The van der Waals surface area contributed by atoms with E-state index in [1.807, 2.05) is 20.2 Å².